The molecule has 14 heavy (non-hydrogen) atoms. The van der Waals surface area contributed by atoms with Crippen LogP contribution in [0.25, 0.3) is 6.08 Å². The second-order valence-electron chi connectivity index (χ2n) is 3.12. The summed E-state index contributed by atoms with van der Waals surface area (Å²) in [6, 6.07) is 9.70. The number of aliphatic carboxylic acids is 1. The van der Waals surface area contributed by atoms with Crippen molar-refractivity contribution >= 4 is 12.0 Å². The van der Waals surface area contributed by atoms with Crippen LogP contribution in [0.4, 0.5) is 0 Å². The number of carbonyl (C=O) groups is 1. The highest BCUT2D eigenvalue weighted by Crippen LogP contribution is 2.08. The van der Waals surface area contributed by atoms with E-state index in [1.807, 2.05) is 43.3 Å². The van der Waals surface area contributed by atoms with Crippen LogP contribution in [0.15, 0.2) is 36.4 Å². The summed E-state index contributed by atoms with van der Waals surface area (Å²) in [6.07, 6.45) is 4.21. The van der Waals surface area contributed by atoms with Crippen molar-refractivity contribution < 1.29 is 9.90 Å². The average Bonchev–Trinajstić information content (AvgIpc) is 2.20. The molecule has 0 aliphatic heterocycles. The normalized spacial score (nSPS) is 12.9. The van der Waals surface area contributed by atoms with E-state index in [4.69, 9.17) is 5.11 Å². The van der Waals surface area contributed by atoms with Crippen molar-refractivity contribution in [2.24, 2.45) is 5.92 Å². The van der Waals surface area contributed by atoms with Crippen LogP contribution >= 0.6 is 0 Å². The molecule has 1 rings (SSSR count). The number of benzene rings is 1. The van der Waals surface area contributed by atoms with E-state index in [2.05, 4.69) is 0 Å². The fourth-order valence-corrected chi connectivity index (χ4v) is 1.18. The van der Waals surface area contributed by atoms with Crippen molar-refractivity contribution in [3.05, 3.63) is 42.0 Å². The van der Waals surface area contributed by atoms with E-state index in [0.717, 1.165) is 5.56 Å². The molecule has 0 fully saturated rings. The Kier molecular flexibility index (Phi) is 3.92. The zero-order chi connectivity index (χ0) is 10.4. The molecule has 0 saturated carbocycles. The number of hydrogen-bond donors (Lipinski definition) is 1. The first-order valence-corrected chi connectivity index (χ1v) is 4.70. The third-order valence-corrected chi connectivity index (χ3v) is 2.08. The van der Waals surface area contributed by atoms with E-state index in [0.29, 0.717) is 6.42 Å². The van der Waals surface area contributed by atoms with Crippen molar-refractivity contribution in [1.82, 2.24) is 0 Å². The van der Waals surface area contributed by atoms with Crippen LogP contribution < -0.4 is 0 Å². The van der Waals surface area contributed by atoms with Gasteiger partial charge in [-0.15, -0.1) is 0 Å². The molecule has 0 aliphatic rings. The second kappa shape index (κ2) is 5.22. The molecule has 74 valence electrons. The Labute approximate surface area is 83.9 Å². The lowest BCUT2D eigenvalue weighted by Gasteiger charge is -2.01. The Morgan fingerprint density at radius 1 is 1.43 bits per heavy atom. The quantitative estimate of drug-likeness (QED) is 0.792. The smallest absolute Gasteiger partial charge is 0.310 e. The van der Waals surface area contributed by atoms with Gasteiger partial charge in [-0.25, -0.2) is 0 Å². The molecular formula is C12H14O2. The van der Waals surface area contributed by atoms with Gasteiger partial charge in [-0.3, -0.25) is 4.79 Å². The highest BCUT2D eigenvalue weighted by atomic mass is 16.4. The number of hydrogen-bond acceptors (Lipinski definition) is 1. The van der Waals surface area contributed by atoms with Gasteiger partial charge in [0.15, 0.2) is 0 Å². The lowest BCUT2D eigenvalue weighted by atomic mass is 10.1. The third kappa shape index (κ3) is 3.05. The topological polar surface area (TPSA) is 37.3 Å². The predicted molar refractivity (Wildman–Crippen MR) is 56.9 cm³/mol. The molecular weight excluding hydrogens is 176 g/mol. The van der Waals surface area contributed by atoms with E-state index >= 15 is 0 Å². The van der Waals surface area contributed by atoms with Crippen molar-refractivity contribution in [3.8, 4) is 0 Å². The Bertz CT molecular complexity index is 314. The van der Waals surface area contributed by atoms with Gasteiger partial charge in [-0.05, 0) is 12.0 Å². The van der Waals surface area contributed by atoms with E-state index < -0.39 is 5.97 Å². The summed E-state index contributed by atoms with van der Waals surface area (Å²) in [5.74, 6) is -1.14. The van der Waals surface area contributed by atoms with Crippen LogP contribution in [-0.4, -0.2) is 11.1 Å². The van der Waals surface area contributed by atoms with Crippen molar-refractivity contribution in [2.45, 2.75) is 13.3 Å². The lowest BCUT2D eigenvalue weighted by Crippen LogP contribution is -2.08. The standard InChI is InChI=1S/C12H14O2/c1-2-11(12(13)14)9-8-10-6-4-3-5-7-10/h3-9,11H,2H2,1H3,(H,13,14)/b9-8+/t11-/m0/s1. The number of carboxylic acids is 1. The zero-order valence-electron chi connectivity index (χ0n) is 8.18. The molecule has 2 nitrogen and oxygen atoms in total. The summed E-state index contributed by atoms with van der Waals surface area (Å²) < 4.78 is 0. The van der Waals surface area contributed by atoms with Crippen LogP contribution in [-0.2, 0) is 4.79 Å². The first-order chi connectivity index (χ1) is 6.74. The van der Waals surface area contributed by atoms with E-state index in [1.165, 1.54) is 0 Å². The molecule has 0 spiro atoms. The highest BCUT2D eigenvalue weighted by Gasteiger charge is 2.09. The molecule has 0 unspecified atom stereocenters. The number of carboxylic acid groups (broad SMARTS) is 1. The maximum Gasteiger partial charge on any atom is 0.310 e. The predicted octanol–water partition coefficient (Wildman–Crippen LogP) is 2.81. The van der Waals surface area contributed by atoms with Gasteiger partial charge in [0, 0.05) is 0 Å². The van der Waals surface area contributed by atoms with Gasteiger partial charge in [0.1, 0.15) is 0 Å². The highest BCUT2D eigenvalue weighted by molar-refractivity contribution is 5.73. The van der Waals surface area contributed by atoms with E-state index in [1.54, 1.807) is 6.08 Å². The van der Waals surface area contributed by atoms with Crippen molar-refractivity contribution in [2.75, 3.05) is 0 Å². The summed E-state index contributed by atoms with van der Waals surface area (Å²) in [5.41, 5.74) is 1.03. The maximum atomic E-state index is 10.7. The molecule has 1 atom stereocenters. The van der Waals surface area contributed by atoms with Crippen LogP contribution in [0.5, 0.6) is 0 Å². The first-order valence-electron chi connectivity index (χ1n) is 4.70. The van der Waals surface area contributed by atoms with Gasteiger partial charge >= 0.3 is 5.97 Å². The fraction of sp³-hybridized carbons (Fsp3) is 0.250. The molecule has 1 N–H and O–H groups in total. The second-order valence-corrected chi connectivity index (χ2v) is 3.12. The summed E-state index contributed by atoms with van der Waals surface area (Å²) in [6.45, 7) is 1.87. The molecule has 0 radical (unpaired) electrons. The molecule has 0 aromatic heterocycles. The summed E-state index contributed by atoms with van der Waals surface area (Å²) in [5, 5.41) is 8.80. The molecule has 0 heterocycles. The third-order valence-electron chi connectivity index (χ3n) is 2.08. The summed E-state index contributed by atoms with van der Waals surface area (Å²) >= 11 is 0. The minimum atomic E-state index is -0.764. The monoisotopic (exact) mass is 190 g/mol. The molecule has 2 heteroatoms. The summed E-state index contributed by atoms with van der Waals surface area (Å²) in [7, 11) is 0. The van der Waals surface area contributed by atoms with Gasteiger partial charge in [-0.1, -0.05) is 49.4 Å². The molecule has 1 aromatic rings. The van der Waals surface area contributed by atoms with Crippen LogP contribution in [0, 0.1) is 5.92 Å². The maximum absolute atomic E-state index is 10.7. The Morgan fingerprint density at radius 2 is 2.07 bits per heavy atom. The number of rotatable bonds is 4. The Hall–Kier alpha value is -1.57. The molecule has 0 aliphatic carbocycles. The van der Waals surface area contributed by atoms with E-state index in [-0.39, 0.29) is 5.92 Å². The van der Waals surface area contributed by atoms with Gasteiger partial charge in [0.25, 0.3) is 0 Å². The van der Waals surface area contributed by atoms with Crippen LogP contribution in [0.1, 0.15) is 18.9 Å². The fourth-order valence-electron chi connectivity index (χ4n) is 1.18. The Morgan fingerprint density at radius 3 is 2.57 bits per heavy atom. The lowest BCUT2D eigenvalue weighted by molar-refractivity contribution is -0.140. The molecule has 0 saturated heterocycles. The largest absolute Gasteiger partial charge is 0.481 e. The minimum absolute atomic E-state index is 0.379. The van der Waals surface area contributed by atoms with Crippen LogP contribution in [0.3, 0.4) is 0 Å². The molecule has 0 amide bonds. The zero-order valence-corrected chi connectivity index (χ0v) is 8.18. The van der Waals surface area contributed by atoms with Crippen molar-refractivity contribution in [1.29, 1.82) is 0 Å². The Balaban J connectivity index is 2.67. The average molecular weight is 190 g/mol. The van der Waals surface area contributed by atoms with Gasteiger partial charge in [0.2, 0.25) is 0 Å². The molecule has 0 bridgehead atoms. The van der Waals surface area contributed by atoms with Gasteiger partial charge in [-0.2, -0.15) is 0 Å². The minimum Gasteiger partial charge on any atom is -0.481 e. The summed E-state index contributed by atoms with van der Waals surface area (Å²) in [4.78, 5) is 10.7. The van der Waals surface area contributed by atoms with Crippen LogP contribution in [0.2, 0.25) is 0 Å². The van der Waals surface area contributed by atoms with Gasteiger partial charge in [0.05, 0.1) is 5.92 Å². The first kappa shape index (κ1) is 10.5. The molecule has 1 aromatic carbocycles. The SMILES string of the molecule is CC[C@@H](/C=C/c1ccccc1)C(=O)O. The van der Waals surface area contributed by atoms with Gasteiger partial charge < -0.3 is 5.11 Å². The van der Waals surface area contributed by atoms with Crippen molar-refractivity contribution in [3.63, 3.8) is 0 Å². The van der Waals surface area contributed by atoms with E-state index in [9.17, 15) is 4.79 Å².